The largest absolute Gasteiger partial charge is 0.350 e. The minimum absolute atomic E-state index is 0.0449. The molecule has 0 bridgehead atoms. The molecule has 148 valence electrons. The molecule has 3 aromatic rings. The zero-order valence-corrected chi connectivity index (χ0v) is 16.9. The van der Waals surface area contributed by atoms with Crippen LogP contribution in [0.15, 0.2) is 35.1 Å². The van der Waals surface area contributed by atoms with Gasteiger partial charge >= 0.3 is 0 Å². The number of nitrogens with zero attached hydrogens (tertiary/aromatic N) is 3. The zero-order chi connectivity index (χ0) is 20.5. The van der Waals surface area contributed by atoms with Crippen LogP contribution in [0.3, 0.4) is 0 Å². The maximum atomic E-state index is 14.1. The first-order chi connectivity index (χ1) is 13.2. The lowest BCUT2D eigenvalue weighted by atomic mass is 10.1. The van der Waals surface area contributed by atoms with Crippen molar-refractivity contribution < 1.29 is 9.18 Å². The lowest BCUT2D eigenvalue weighted by Crippen LogP contribution is -2.43. The normalized spacial score (nSPS) is 12.8. The predicted molar refractivity (Wildman–Crippen MR) is 108 cm³/mol. The first kappa shape index (κ1) is 19.9. The molecule has 3 rings (SSSR count). The number of likely N-dealkylation sites (N-methyl/N-ethyl adjacent to an activating group) is 1. The number of aromatic nitrogens is 3. The second-order valence-corrected chi connectivity index (χ2v) is 7.98. The number of H-pyrrole nitrogens is 1. The van der Waals surface area contributed by atoms with Gasteiger partial charge < -0.3 is 15.2 Å². The van der Waals surface area contributed by atoms with Crippen molar-refractivity contribution >= 4 is 32.7 Å². The fourth-order valence-electron chi connectivity index (χ4n) is 2.53. The Kier molecular flexibility index (Phi) is 5.46. The number of fused-ring (bicyclic) bond motifs is 1. The van der Waals surface area contributed by atoms with E-state index in [9.17, 15) is 14.0 Å². The molecule has 1 atom stereocenters. The number of carbonyl (C=O) groups is 1. The number of thiazole rings is 1. The van der Waals surface area contributed by atoms with E-state index in [2.05, 4.69) is 20.3 Å². The number of amides is 1. The highest BCUT2D eigenvalue weighted by Crippen LogP contribution is 2.28. The summed E-state index contributed by atoms with van der Waals surface area (Å²) in [7, 11) is 1.72. The average molecular weight is 403 g/mol. The highest BCUT2D eigenvalue weighted by atomic mass is 32.1. The molecule has 0 aliphatic heterocycles. The quantitative estimate of drug-likeness (QED) is 0.660. The number of halogens is 1. The summed E-state index contributed by atoms with van der Waals surface area (Å²) >= 11 is 1.15. The van der Waals surface area contributed by atoms with Crippen LogP contribution < -0.4 is 15.8 Å². The van der Waals surface area contributed by atoms with Crippen LogP contribution in [-0.4, -0.2) is 33.9 Å². The molecule has 0 fully saturated rings. The van der Waals surface area contributed by atoms with E-state index in [0.717, 1.165) is 16.9 Å². The number of rotatable bonds is 6. The Morgan fingerprint density at radius 2 is 2.00 bits per heavy atom. The number of nitrogens with one attached hydrogen (secondary N) is 2. The van der Waals surface area contributed by atoms with Crippen LogP contribution in [0, 0.1) is 0 Å². The molecule has 0 saturated heterocycles. The summed E-state index contributed by atoms with van der Waals surface area (Å²) < 4.78 is 14.1. The van der Waals surface area contributed by atoms with Crippen molar-refractivity contribution in [3.05, 3.63) is 52.1 Å². The molecule has 0 radical (unpaired) electrons. The van der Waals surface area contributed by atoms with E-state index in [0.29, 0.717) is 16.5 Å². The first-order valence-electron chi connectivity index (χ1n) is 8.81. The molecule has 0 unspecified atom stereocenters. The van der Waals surface area contributed by atoms with Gasteiger partial charge in [-0.1, -0.05) is 41.7 Å². The van der Waals surface area contributed by atoms with Gasteiger partial charge in [-0.25, -0.2) is 14.4 Å². The summed E-state index contributed by atoms with van der Waals surface area (Å²) in [6.45, 7) is 4.82. The maximum absolute atomic E-state index is 14.1. The van der Waals surface area contributed by atoms with Gasteiger partial charge in [0.2, 0.25) is 5.91 Å². The summed E-state index contributed by atoms with van der Waals surface area (Å²) in [6, 6.07) is 9.10. The minimum atomic E-state index is -1.77. The second kappa shape index (κ2) is 7.67. The van der Waals surface area contributed by atoms with Crippen LogP contribution >= 0.6 is 11.3 Å². The summed E-state index contributed by atoms with van der Waals surface area (Å²) in [5, 5.41) is 3.35. The van der Waals surface area contributed by atoms with Gasteiger partial charge in [0.05, 0.1) is 0 Å². The van der Waals surface area contributed by atoms with Crippen molar-refractivity contribution in [2.45, 2.75) is 39.0 Å². The summed E-state index contributed by atoms with van der Waals surface area (Å²) in [6.07, 6.45) is 0. The fraction of sp³-hybridized carbons (Fsp3) is 0.368. The molecule has 28 heavy (non-hydrogen) atoms. The van der Waals surface area contributed by atoms with E-state index < -0.39 is 17.3 Å². The van der Waals surface area contributed by atoms with Crippen LogP contribution in [0.4, 0.5) is 9.52 Å². The minimum Gasteiger partial charge on any atom is -0.350 e. The van der Waals surface area contributed by atoms with Crippen LogP contribution in [0.25, 0.3) is 10.3 Å². The molecule has 1 amide bonds. The Bertz CT molecular complexity index is 1040. The lowest BCUT2D eigenvalue weighted by Gasteiger charge is -2.23. The number of benzene rings is 1. The number of hydrogen-bond acceptors (Lipinski definition) is 6. The third-order valence-corrected chi connectivity index (χ3v) is 5.43. The Morgan fingerprint density at radius 3 is 2.64 bits per heavy atom. The monoisotopic (exact) mass is 403 g/mol. The molecule has 0 spiro atoms. The van der Waals surface area contributed by atoms with Crippen molar-refractivity contribution in [1.29, 1.82) is 0 Å². The molecule has 0 saturated carbocycles. The molecule has 9 heteroatoms. The summed E-state index contributed by atoms with van der Waals surface area (Å²) in [4.78, 5) is 37.6. The van der Waals surface area contributed by atoms with Gasteiger partial charge in [0, 0.05) is 13.6 Å². The Labute approximate surface area is 165 Å². The van der Waals surface area contributed by atoms with E-state index in [4.69, 9.17) is 0 Å². The zero-order valence-electron chi connectivity index (χ0n) is 16.1. The van der Waals surface area contributed by atoms with Crippen molar-refractivity contribution in [2.24, 2.45) is 0 Å². The Morgan fingerprint density at radius 1 is 1.32 bits per heavy atom. The average Bonchev–Trinajstić information content (AvgIpc) is 3.10. The SMILES string of the molecule is C[C@H](C(=O)NCc1ccccc1)N(C)c1nc2c(=O)[nH]c(C(C)(C)F)nc2s1. The number of anilines is 1. The summed E-state index contributed by atoms with van der Waals surface area (Å²) in [5.41, 5.74) is -1.13. The molecule has 1 aromatic carbocycles. The van der Waals surface area contributed by atoms with Crippen LogP contribution in [-0.2, 0) is 17.0 Å². The van der Waals surface area contributed by atoms with Gasteiger partial charge in [0.15, 0.2) is 21.1 Å². The van der Waals surface area contributed by atoms with Gasteiger partial charge in [0.25, 0.3) is 5.56 Å². The van der Waals surface area contributed by atoms with Crippen LogP contribution in [0.5, 0.6) is 0 Å². The van der Waals surface area contributed by atoms with Gasteiger partial charge in [-0.2, -0.15) is 0 Å². The van der Waals surface area contributed by atoms with Crippen molar-refractivity contribution in [3.8, 4) is 0 Å². The molecule has 2 heterocycles. The van der Waals surface area contributed by atoms with Crippen molar-refractivity contribution in [1.82, 2.24) is 20.3 Å². The molecule has 0 aliphatic rings. The standard InChI is InChI=1S/C19H22FN5O2S/c1-11(14(26)21-10-12-8-6-5-7-9-12)25(4)18-22-13-15(27)23-17(19(2,3)20)24-16(13)28-18/h5-9,11H,10H2,1-4H3,(H,21,26)(H,23,24,27)/t11-/m1/s1. The van der Waals surface area contributed by atoms with E-state index in [1.165, 1.54) is 13.8 Å². The number of aromatic amines is 1. The van der Waals surface area contributed by atoms with Gasteiger partial charge in [-0.05, 0) is 26.3 Å². The number of carbonyl (C=O) groups excluding carboxylic acids is 1. The maximum Gasteiger partial charge on any atom is 0.278 e. The first-order valence-corrected chi connectivity index (χ1v) is 9.63. The van der Waals surface area contributed by atoms with Gasteiger partial charge in [-0.3, -0.25) is 9.59 Å². The van der Waals surface area contributed by atoms with Crippen molar-refractivity contribution in [2.75, 3.05) is 11.9 Å². The molecule has 2 aromatic heterocycles. The topological polar surface area (TPSA) is 91.0 Å². The molecule has 7 nitrogen and oxygen atoms in total. The van der Waals surface area contributed by atoms with E-state index in [-0.39, 0.29) is 17.2 Å². The van der Waals surface area contributed by atoms with Crippen LogP contribution in [0.2, 0.25) is 0 Å². The summed E-state index contributed by atoms with van der Waals surface area (Å²) in [5.74, 6) is -0.213. The van der Waals surface area contributed by atoms with E-state index >= 15 is 0 Å². The van der Waals surface area contributed by atoms with Gasteiger partial charge in [0.1, 0.15) is 11.9 Å². The highest BCUT2D eigenvalue weighted by molar-refractivity contribution is 7.21. The molecular weight excluding hydrogens is 381 g/mol. The third kappa shape index (κ3) is 4.19. The fourth-order valence-corrected chi connectivity index (χ4v) is 3.51. The van der Waals surface area contributed by atoms with E-state index in [1.54, 1.807) is 18.9 Å². The van der Waals surface area contributed by atoms with Crippen molar-refractivity contribution in [3.63, 3.8) is 0 Å². The Balaban J connectivity index is 1.78. The lowest BCUT2D eigenvalue weighted by molar-refractivity contribution is -0.122. The van der Waals surface area contributed by atoms with E-state index in [1.807, 2.05) is 30.3 Å². The number of alkyl halides is 1. The predicted octanol–water partition coefficient (Wildman–Crippen LogP) is 2.73. The molecule has 2 N–H and O–H groups in total. The Hall–Kier alpha value is -2.81. The van der Waals surface area contributed by atoms with Crippen LogP contribution in [0.1, 0.15) is 32.2 Å². The highest BCUT2D eigenvalue weighted by Gasteiger charge is 2.26. The second-order valence-electron chi connectivity index (χ2n) is 7.03. The van der Waals surface area contributed by atoms with Gasteiger partial charge in [-0.15, -0.1) is 0 Å². The molecular formula is C19H22FN5O2S. The smallest absolute Gasteiger partial charge is 0.278 e. The molecule has 0 aliphatic carbocycles. The number of hydrogen-bond donors (Lipinski definition) is 2. The third-order valence-electron chi connectivity index (χ3n) is 4.39.